The number of methoxy groups -OCH3 is 2. The van der Waals surface area contributed by atoms with Gasteiger partial charge in [0.2, 0.25) is 0 Å². The Morgan fingerprint density at radius 1 is 1.17 bits per heavy atom. The normalized spacial score (nSPS) is 10.9. The van der Waals surface area contributed by atoms with Gasteiger partial charge >= 0.3 is 0 Å². The number of hydrogen-bond donors (Lipinski definition) is 1. The SMILES string of the molecule is COc1ccc(NC(=O)c2cc(-c3ccco3)nc3c2c(C)nn3C)c(OC)c1. The molecule has 0 aliphatic carbocycles. The quantitative estimate of drug-likeness (QED) is 0.555. The lowest BCUT2D eigenvalue weighted by Crippen LogP contribution is -2.14. The Kier molecular flexibility index (Phi) is 4.67. The minimum absolute atomic E-state index is 0.301. The van der Waals surface area contributed by atoms with Crippen molar-refractivity contribution < 1.29 is 18.7 Å². The summed E-state index contributed by atoms with van der Waals surface area (Å²) in [5, 5.41) is 8.02. The first-order valence-corrected chi connectivity index (χ1v) is 8.93. The maximum atomic E-state index is 13.2. The Balaban J connectivity index is 1.81. The molecular weight excluding hydrogens is 372 g/mol. The van der Waals surface area contributed by atoms with E-state index in [-0.39, 0.29) is 5.91 Å². The lowest BCUT2D eigenvalue weighted by atomic mass is 10.1. The molecule has 4 aromatic rings. The van der Waals surface area contributed by atoms with Gasteiger partial charge in [-0.15, -0.1) is 0 Å². The van der Waals surface area contributed by atoms with Gasteiger partial charge in [-0.1, -0.05) is 0 Å². The van der Waals surface area contributed by atoms with E-state index in [0.717, 1.165) is 0 Å². The molecule has 1 N–H and O–H groups in total. The third-order valence-electron chi connectivity index (χ3n) is 4.64. The van der Waals surface area contributed by atoms with Crippen LogP contribution in [0.15, 0.2) is 47.1 Å². The number of hydrogen-bond acceptors (Lipinski definition) is 6. The maximum absolute atomic E-state index is 13.2. The van der Waals surface area contributed by atoms with E-state index in [2.05, 4.69) is 15.4 Å². The number of carbonyl (C=O) groups is 1. The molecular formula is C21H20N4O4. The predicted molar refractivity (Wildman–Crippen MR) is 108 cm³/mol. The molecule has 148 valence electrons. The smallest absolute Gasteiger partial charge is 0.256 e. The topological polar surface area (TPSA) is 91.4 Å². The van der Waals surface area contributed by atoms with Crippen LogP contribution >= 0.6 is 0 Å². The van der Waals surface area contributed by atoms with Gasteiger partial charge in [-0.2, -0.15) is 5.10 Å². The Morgan fingerprint density at radius 3 is 2.69 bits per heavy atom. The first-order valence-electron chi connectivity index (χ1n) is 8.93. The summed E-state index contributed by atoms with van der Waals surface area (Å²) in [5.74, 6) is 1.40. The number of aromatic nitrogens is 3. The summed E-state index contributed by atoms with van der Waals surface area (Å²) >= 11 is 0. The number of rotatable bonds is 5. The van der Waals surface area contributed by atoms with Gasteiger partial charge in [0.1, 0.15) is 17.2 Å². The van der Waals surface area contributed by atoms with Crippen LogP contribution in [0.2, 0.25) is 0 Å². The van der Waals surface area contributed by atoms with E-state index in [9.17, 15) is 4.79 Å². The van der Waals surface area contributed by atoms with Crippen molar-refractivity contribution in [1.82, 2.24) is 14.8 Å². The Morgan fingerprint density at radius 2 is 2.00 bits per heavy atom. The molecule has 0 unspecified atom stereocenters. The van der Waals surface area contributed by atoms with E-state index in [1.165, 1.54) is 7.11 Å². The highest BCUT2D eigenvalue weighted by Gasteiger charge is 2.21. The van der Waals surface area contributed by atoms with Gasteiger partial charge in [-0.05, 0) is 37.3 Å². The molecule has 0 saturated carbocycles. The highest BCUT2D eigenvalue weighted by Crippen LogP contribution is 2.31. The second-order valence-electron chi connectivity index (χ2n) is 6.46. The maximum Gasteiger partial charge on any atom is 0.256 e. The molecule has 29 heavy (non-hydrogen) atoms. The van der Waals surface area contributed by atoms with Crippen molar-refractivity contribution in [2.75, 3.05) is 19.5 Å². The van der Waals surface area contributed by atoms with Crippen molar-refractivity contribution in [3.05, 3.63) is 53.9 Å². The van der Waals surface area contributed by atoms with Crippen LogP contribution in [0.1, 0.15) is 16.1 Å². The van der Waals surface area contributed by atoms with Crippen LogP contribution in [0.5, 0.6) is 11.5 Å². The number of carbonyl (C=O) groups excluding carboxylic acids is 1. The number of fused-ring (bicyclic) bond motifs is 1. The number of benzene rings is 1. The van der Waals surface area contributed by atoms with Crippen molar-refractivity contribution in [3.8, 4) is 23.0 Å². The molecule has 0 atom stereocenters. The van der Waals surface area contributed by atoms with Crippen LogP contribution in [0.25, 0.3) is 22.5 Å². The van der Waals surface area contributed by atoms with Crippen molar-refractivity contribution in [2.24, 2.45) is 7.05 Å². The van der Waals surface area contributed by atoms with Gasteiger partial charge in [0.15, 0.2) is 11.4 Å². The molecule has 3 aromatic heterocycles. The molecule has 0 bridgehead atoms. The molecule has 0 fully saturated rings. The largest absolute Gasteiger partial charge is 0.497 e. The van der Waals surface area contributed by atoms with E-state index in [1.807, 2.05) is 6.92 Å². The fraction of sp³-hybridized carbons (Fsp3) is 0.190. The number of nitrogens with one attached hydrogen (secondary N) is 1. The monoisotopic (exact) mass is 392 g/mol. The van der Waals surface area contributed by atoms with E-state index >= 15 is 0 Å². The predicted octanol–water partition coefficient (Wildman–Crippen LogP) is 3.81. The van der Waals surface area contributed by atoms with Crippen molar-refractivity contribution in [3.63, 3.8) is 0 Å². The van der Waals surface area contributed by atoms with Gasteiger partial charge in [0.05, 0.1) is 42.8 Å². The first-order chi connectivity index (χ1) is 14.0. The number of nitrogens with zero attached hydrogens (tertiary/aromatic N) is 3. The second-order valence-corrected chi connectivity index (χ2v) is 6.46. The standard InChI is InChI=1S/C21H20N4O4/c1-12-19-14(21(26)23-15-8-7-13(27-3)10-18(15)28-4)11-16(17-6-5-9-29-17)22-20(19)25(2)24-12/h5-11H,1-4H3,(H,23,26). The number of furan rings is 1. The van der Waals surface area contributed by atoms with E-state index in [4.69, 9.17) is 13.9 Å². The summed E-state index contributed by atoms with van der Waals surface area (Å²) in [6.07, 6.45) is 1.57. The van der Waals surface area contributed by atoms with Crippen LogP contribution in [-0.2, 0) is 7.05 Å². The van der Waals surface area contributed by atoms with Gasteiger partial charge in [-0.25, -0.2) is 4.98 Å². The van der Waals surface area contributed by atoms with E-state index in [1.54, 1.807) is 61.5 Å². The molecule has 4 rings (SSSR count). The van der Waals surface area contributed by atoms with Crippen molar-refractivity contribution in [2.45, 2.75) is 6.92 Å². The van der Waals surface area contributed by atoms with Gasteiger partial charge in [-0.3, -0.25) is 9.48 Å². The fourth-order valence-electron chi connectivity index (χ4n) is 3.27. The summed E-state index contributed by atoms with van der Waals surface area (Å²) in [4.78, 5) is 17.9. The molecule has 0 saturated heterocycles. The summed E-state index contributed by atoms with van der Waals surface area (Å²) in [6.45, 7) is 1.85. The third kappa shape index (κ3) is 3.29. The average Bonchev–Trinajstić information content (AvgIpc) is 3.36. The molecule has 3 heterocycles. The third-order valence-corrected chi connectivity index (χ3v) is 4.64. The lowest BCUT2D eigenvalue weighted by molar-refractivity contribution is 0.102. The van der Waals surface area contributed by atoms with Crippen LogP contribution in [0.4, 0.5) is 5.69 Å². The van der Waals surface area contributed by atoms with Crippen LogP contribution < -0.4 is 14.8 Å². The molecule has 1 aromatic carbocycles. The van der Waals surface area contributed by atoms with Crippen molar-refractivity contribution in [1.29, 1.82) is 0 Å². The zero-order valence-corrected chi connectivity index (χ0v) is 16.5. The summed E-state index contributed by atoms with van der Waals surface area (Å²) in [6, 6.07) is 10.5. The number of ether oxygens (including phenoxy) is 2. The van der Waals surface area contributed by atoms with Gasteiger partial charge < -0.3 is 19.2 Å². The van der Waals surface area contributed by atoms with E-state index in [0.29, 0.717) is 50.9 Å². The molecule has 0 radical (unpaired) electrons. The Labute approximate surface area is 167 Å². The molecule has 0 spiro atoms. The number of aryl methyl sites for hydroxylation is 2. The molecule has 8 nitrogen and oxygen atoms in total. The lowest BCUT2D eigenvalue weighted by Gasteiger charge is -2.12. The minimum atomic E-state index is -0.301. The van der Waals surface area contributed by atoms with Crippen LogP contribution in [0.3, 0.4) is 0 Å². The minimum Gasteiger partial charge on any atom is -0.497 e. The van der Waals surface area contributed by atoms with Crippen LogP contribution in [-0.4, -0.2) is 34.9 Å². The zero-order valence-electron chi connectivity index (χ0n) is 16.5. The average molecular weight is 392 g/mol. The zero-order chi connectivity index (χ0) is 20.5. The second kappa shape index (κ2) is 7.31. The number of amides is 1. The Bertz CT molecular complexity index is 1200. The summed E-state index contributed by atoms with van der Waals surface area (Å²) in [5.41, 5.74) is 2.85. The van der Waals surface area contributed by atoms with Crippen LogP contribution in [0, 0.1) is 6.92 Å². The molecule has 0 aliphatic rings. The number of anilines is 1. The molecule has 8 heteroatoms. The highest BCUT2D eigenvalue weighted by atomic mass is 16.5. The first kappa shape index (κ1) is 18.5. The number of pyridine rings is 1. The Hall–Kier alpha value is -3.81. The fourth-order valence-corrected chi connectivity index (χ4v) is 3.27. The molecule has 1 amide bonds. The summed E-state index contributed by atoms with van der Waals surface area (Å²) < 4.78 is 17.7. The highest BCUT2D eigenvalue weighted by molar-refractivity contribution is 6.13. The van der Waals surface area contributed by atoms with E-state index < -0.39 is 0 Å². The molecule has 0 aliphatic heterocycles. The summed E-state index contributed by atoms with van der Waals surface area (Å²) in [7, 11) is 4.90. The van der Waals surface area contributed by atoms with Gasteiger partial charge in [0.25, 0.3) is 5.91 Å². The van der Waals surface area contributed by atoms with Crippen molar-refractivity contribution >= 4 is 22.6 Å². The van der Waals surface area contributed by atoms with Gasteiger partial charge in [0, 0.05) is 13.1 Å².